The Labute approximate surface area is 238 Å². The lowest BCUT2D eigenvalue weighted by Crippen LogP contribution is -2.32. The molecule has 1 heterocycles. The van der Waals surface area contributed by atoms with Crippen LogP contribution in [0.5, 0.6) is 5.75 Å². The van der Waals surface area contributed by atoms with Crippen LogP contribution in [0.15, 0.2) is 65.8 Å². The number of esters is 1. The fourth-order valence-electron chi connectivity index (χ4n) is 5.07. The predicted molar refractivity (Wildman–Crippen MR) is 157 cm³/mol. The molecule has 3 aromatic rings. The van der Waals surface area contributed by atoms with Crippen molar-refractivity contribution in [2.75, 3.05) is 13.7 Å². The van der Waals surface area contributed by atoms with Crippen LogP contribution in [0.1, 0.15) is 82.5 Å². The van der Waals surface area contributed by atoms with Crippen LogP contribution >= 0.6 is 0 Å². The van der Waals surface area contributed by atoms with Crippen molar-refractivity contribution in [3.8, 4) is 16.9 Å². The van der Waals surface area contributed by atoms with E-state index in [9.17, 15) is 13.2 Å². The number of ether oxygens (including phenoxy) is 2. The molecular formula is C32H40N2O5S. The Morgan fingerprint density at radius 3 is 2.48 bits per heavy atom. The van der Waals surface area contributed by atoms with Gasteiger partial charge in [0, 0.05) is 18.8 Å². The van der Waals surface area contributed by atoms with Gasteiger partial charge in [0.1, 0.15) is 11.4 Å². The molecule has 8 heteroatoms. The van der Waals surface area contributed by atoms with Crippen LogP contribution in [0.25, 0.3) is 11.1 Å². The largest absolute Gasteiger partial charge is 0.482 e. The number of carbonyl (C=O) groups excluding carboxylic acids is 1. The average Bonchev–Trinajstić information content (AvgIpc) is 3.13. The summed E-state index contributed by atoms with van der Waals surface area (Å²) in [6.07, 6.45) is 4.81. The van der Waals surface area contributed by atoms with E-state index in [0.717, 1.165) is 41.5 Å². The summed E-state index contributed by atoms with van der Waals surface area (Å²) in [5.41, 5.74) is 4.33. The van der Waals surface area contributed by atoms with Crippen LogP contribution in [0.4, 0.5) is 0 Å². The van der Waals surface area contributed by atoms with Gasteiger partial charge >= 0.3 is 5.97 Å². The van der Waals surface area contributed by atoms with Gasteiger partial charge < -0.3 is 9.47 Å². The quantitative estimate of drug-likeness (QED) is 0.224. The summed E-state index contributed by atoms with van der Waals surface area (Å²) in [5.74, 6) is 0.541. The van der Waals surface area contributed by atoms with E-state index in [-0.39, 0.29) is 17.7 Å². The maximum atomic E-state index is 13.7. The fraction of sp³-hybridized carbons (Fsp3) is 0.438. The number of pyridine rings is 1. The second-order valence-electron chi connectivity index (χ2n) is 11.6. The Balaban J connectivity index is 1.57. The predicted octanol–water partition coefficient (Wildman–Crippen LogP) is 6.68. The van der Waals surface area contributed by atoms with E-state index in [1.165, 1.54) is 9.87 Å². The maximum absolute atomic E-state index is 13.7. The van der Waals surface area contributed by atoms with E-state index in [4.69, 9.17) is 9.47 Å². The zero-order valence-electron chi connectivity index (χ0n) is 24.3. The van der Waals surface area contributed by atoms with Crippen molar-refractivity contribution in [3.63, 3.8) is 0 Å². The van der Waals surface area contributed by atoms with Crippen LogP contribution in [-0.2, 0) is 26.0 Å². The zero-order valence-corrected chi connectivity index (χ0v) is 25.1. The molecule has 7 nitrogen and oxygen atoms in total. The molecule has 0 bridgehead atoms. The third-order valence-corrected chi connectivity index (χ3v) is 8.94. The molecule has 0 N–H and O–H groups in total. The van der Waals surface area contributed by atoms with Crippen molar-refractivity contribution in [1.29, 1.82) is 0 Å². The first-order valence-electron chi connectivity index (χ1n) is 13.9. The number of hydrogen-bond donors (Lipinski definition) is 0. The Kier molecular flexibility index (Phi) is 9.00. The molecule has 4 rings (SSSR count). The third kappa shape index (κ3) is 6.91. The number of aromatic nitrogens is 1. The molecule has 2 aromatic carbocycles. The van der Waals surface area contributed by atoms with Crippen LogP contribution in [0.2, 0.25) is 0 Å². The highest BCUT2D eigenvalue weighted by Crippen LogP contribution is 2.39. The number of fused-ring (bicyclic) bond motifs is 1. The Hall–Kier alpha value is -3.23. The van der Waals surface area contributed by atoms with Crippen molar-refractivity contribution in [2.24, 2.45) is 0 Å². The molecule has 214 valence electrons. The molecule has 1 aromatic heterocycles. The smallest absolute Gasteiger partial charge is 0.344 e. The molecular weight excluding hydrogens is 524 g/mol. The highest BCUT2D eigenvalue weighted by atomic mass is 32.2. The topological polar surface area (TPSA) is 85.8 Å². The molecule has 1 aliphatic carbocycles. The second-order valence-corrected chi connectivity index (χ2v) is 13.6. The monoisotopic (exact) mass is 564 g/mol. The Bertz CT molecular complexity index is 1440. The van der Waals surface area contributed by atoms with E-state index < -0.39 is 21.6 Å². The van der Waals surface area contributed by atoms with E-state index >= 15 is 0 Å². The van der Waals surface area contributed by atoms with E-state index in [1.807, 2.05) is 57.2 Å². The van der Waals surface area contributed by atoms with Gasteiger partial charge in [0.15, 0.2) is 11.6 Å². The minimum absolute atomic E-state index is 0.0156. The number of nitrogens with zero attached hydrogens (tertiary/aromatic N) is 2. The highest BCUT2D eigenvalue weighted by molar-refractivity contribution is 7.89. The minimum Gasteiger partial charge on any atom is -0.482 e. The van der Waals surface area contributed by atoms with Gasteiger partial charge in [-0.2, -0.15) is 4.31 Å². The first-order chi connectivity index (χ1) is 18.9. The SMILES string of the molecule is CC(C)c1cccc(-c2ccc(S(=O)(=O)N(C)C3CCCCc4c(OCC(=O)OC(C)(C)C)cccc43)nc2)c1. The lowest BCUT2D eigenvalue weighted by Gasteiger charge is -2.28. The van der Waals surface area contributed by atoms with Gasteiger partial charge in [0.2, 0.25) is 0 Å². The van der Waals surface area contributed by atoms with E-state index in [1.54, 1.807) is 19.3 Å². The summed E-state index contributed by atoms with van der Waals surface area (Å²) < 4.78 is 40.2. The van der Waals surface area contributed by atoms with Gasteiger partial charge in [0.25, 0.3) is 10.0 Å². The van der Waals surface area contributed by atoms with Crippen LogP contribution in [-0.4, -0.2) is 42.9 Å². The number of hydrogen-bond acceptors (Lipinski definition) is 6. The highest BCUT2D eigenvalue weighted by Gasteiger charge is 2.33. The van der Waals surface area contributed by atoms with Crippen molar-refractivity contribution in [1.82, 2.24) is 9.29 Å². The van der Waals surface area contributed by atoms with Crippen LogP contribution < -0.4 is 4.74 Å². The van der Waals surface area contributed by atoms with Gasteiger partial charge in [-0.15, -0.1) is 0 Å². The first-order valence-corrected chi connectivity index (χ1v) is 15.3. The minimum atomic E-state index is -3.87. The number of sulfonamides is 1. The molecule has 40 heavy (non-hydrogen) atoms. The number of carbonyl (C=O) groups is 1. The van der Waals surface area contributed by atoms with Crippen LogP contribution in [0, 0.1) is 0 Å². The van der Waals surface area contributed by atoms with Crippen molar-refractivity contribution < 1.29 is 22.7 Å². The Morgan fingerprint density at radius 2 is 1.80 bits per heavy atom. The lowest BCUT2D eigenvalue weighted by atomic mass is 9.98. The van der Waals surface area contributed by atoms with Gasteiger partial charge in [-0.25, -0.2) is 18.2 Å². The van der Waals surface area contributed by atoms with E-state index in [2.05, 4.69) is 31.0 Å². The molecule has 0 saturated carbocycles. The molecule has 1 unspecified atom stereocenters. The summed E-state index contributed by atoms with van der Waals surface area (Å²) in [6, 6.07) is 16.9. The molecule has 1 atom stereocenters. The van der Waals surface area contributed by atoms with Crippen molar-refractivity contribution >= 4 is 16.0 Å². The van der Waals surface area contributed by atoms with Crippen molar-refractivity contribution in [2.45, 2.75) is 82.9 Å². The van der Waals surface area contributed by atoms with E-state index in [0.29, 0.717) is 18.1 Å². The average molecular weight is 565 g/mol. The van der Waals surface area contributed by atoms with Crippen LogP contribution in [0.3, 0.4) is 0 Å². The number of benzene rings is 2. The van der Waals surface area contributed by atoms with Gasteiger partial charge in [-0.1, -0.05) is 56.7 Å². The maximum Gasteiger partial charge on any atom is 0.344 e. The normalized spacial score (nSPS) is 15.9. The van der Waals surface area contributed by atoms with Gasteiger partial charge in [-0.05, 0) is 86.4 Å². The van der Waals surface area contributed by atoms with Gasteiger partial charge in [0.05, 0.1) is 6.04 Å². The zero-order chi connectivity index (χ0) is 29.1. The summed E-state index contributed by atoms with van der Waals surface area (Å²) in [6.45, 7) is 9.52. The molecule has 0 spiro atoms. The molecule has 0 fully saturated rings. The molecule has 0 saturated heterocycles. The lowest BCUT2D eigenvalue weighted by molar-refractivity contribution is -0.157. The summed E-state index contributed by atoms with van der Waals surface area (Å²) in [5, 5.41) is 0.0156. The fourth-order valence-corrected chi connectivity index (χ4v) is 6.35. The summed E-state index contributed by atoms with van der Waals surface area (Å²) >= 11 is 0. The standard InChI is InChI=1S/C32H40N2O5S/c1-22(2)23-11-9-12-24(19-23)25-17-18-30(33-20-25)40(36,37)34(6)28-15-8-7-13-27-26(28)14-10-16-29(27)38-21-31(35)39-32(3,4)5/h9-12,14,16-20,22,28H,7-8,13,15,21H2,1-6H3. The summed E-state index contributed by atoms with van der Waals surface area (Å²) in [7, 11) is -2.25. The molecule has 0 radical (unpaired) electrons. The number of rotatable bonds is 8. The molecule has 1 aliphatic rings. The van der Waals surface area contributed by atoms with Crippen molar-refractivity contribution in [3.05, 3.63) is 77.5 Å². The molecule has 0 aliphatic heterocycles. The summed E-state index contributed by atoms with van der Waals surface area (Å²) in [4.78, 5) is 16.6. The van der Waals surface area contributed by atoms with Gasteiger partial charge in [-0.3, -0.25) is 0 Å². The third-order valence-electron chi connectivity index (χ3n) is 7.15. The second kappa shape index (κ2) is 12.1. The Morgan fingerprint density at radius 1 is 1.05 bits per heavy atom. The first kappa shape index (κ1) is 29.7. The molecule has 0 amide bonds.